The Labute approximate surface area is 129 Å². The molecular formula is C17H30N4. The smallest absolute Gasteiger partial charge is 0.136 e. The second-order valence-electron chi connectivity index (χ2n) is 6.09. The number of aromatic nitrogens is 2. The number of hydrogen-bond acceptors (Lipinski definition) is 4. The van der Waals surface area contributed by atoms with Gasteiger partial charge in [-0.05, 0) is 32.6 Å². The van der Waals surface area contributed by atoms with Crippen molar-refractivity contribution in [2.75, 3.05) is 23.7 Å². The minimum absolute atomic E-state index is 0.591. The van der Waals surface area contributed by atoms with E-state index in [2.05, 4.69) is 31.4 Å². The van der Waals surface area contributed by atoms with Crippen LogP contribution in [-0.4, -0.2) is 23.1 Å². The van der Waals surface area contributed by atoms with Gasteiger partial charge < -0.3 is 10.6 Å². The van der Waals surface area contributed by atoms with E-state index in [1.165, 1.54) is 38.5 Å². The van der Waals surface area contributed by atoms with Gasteiger partial charge in [-0.15, -0.1) is 0 Å². The fourth-order valence-electron chi connectivity index (χ4n) is 2.40. The Bertz CT molecular complexity index is 441. The SMILES string of the molecule is CCCCCCNc1nc(C2CC2)nc(NCCC)c1C. The Morgan fingerprint density at radius 3 is 2.14 bits per heavy atom. The Hall–Kier alpha value is -1.32. The first-order chi connectivity index (χ1) is 10.3. The molecule has 2 N–H and O–H groups in total. The maximum atomic E-state index is 4.76. The fraction of sp³-hybridized carbons (Fsp3) is 0.765. The first-order valence-corrected chi connectivity index (χ1v) is 8.62. The van der Waals surface area contributed by atoms with E-state index in [0.717, 1.165) is 42.5 Å². The van der Waals surface area contributed by atoms with Crippen LogP contribution in [0, 0.1) is 6.92 Å². The summed E-state index contributed by atoms with van der Waals surface area (Å²) in [5.41, 5.74) is 1.16. The quantitative estimate of drug-likeness (QED) is 0.624. The molecule has 0 saturated heterocycles. The molecule has 1 saturated carbocycles. The minimum atomic E-state index is 0.591. The molecule has 118 valence electrons. The molecule has 1 heterocycles. The Morgan fingerprint density at radius 1 is 0.905 bits per heavy atom. The van der Waals surface area contributed by atoms with Crippen molar-refractivity contribution in [3.05, 3.63) is 11.4 Å². The van der Waals surface area contributed by atoms with Crippen molar-refractivity contribution in [2.24, 2.45) is 0 Å². The third-order valence-electron chi connectivity index (χ3n) is 3.97. The molecule has 0 atom stereocenters. The standard InChI is InChI=1S/C17H30N4/c1-4-6-7-8-12-19-16-13(3)15(18-11-5-2)20-17(21-16)14-9-10-14/h14H,4-12H2,1-3H3,(H2,18,19,20,21). The predicted molar refractivity (Wildman–Crippen MR) is 90.2 cm³/mol. The van der Waals surface area contributed by atoms with Crippen molar-refractivity contribution < 1.29 is 0 Å². The normalized spacial score (nSPS) is 14.2. The van der Waals surface area contributed by atoms with Crippen molar-refractivity contribution in [1.29, 1.82) is 0 Å². The molecule has 0 aliphatic heterocycles. The van der Waals surface area contributed by atoms with Gasteiger partial charge in [-0.1, -0.05) is 33.1 Å². The highest BCUT2D eigenvalue weighted by molar-refractivity contribution is 5.57. The Morgan fingerprint density at radius 2 is 1.57 bits per heavy atom. The summed E-state index contributed by atoms with van der Waals surface area (Å²) in [6.45, 7) is 8.52. The van der Waals surface area contributed by atoms with Crippen LogP contribution in [0.1, 0.15) is 76.1 Å². The summed E-state index contributed by atoms with van der Waals surface area (Å²) < 4.78 is 0. The number of hydrogen-bond donors (Lipinski definition) is 2. The maximum Gasteiger partial charge on any atom is 0.136 e. The van der Waals surface area contributed by atoms with Gasteiger partial charge in [-0.25, -0.2) is 9.97 Å². The lowest BCUT2D eigenvalue weighted by Gasteiger charge is -2.15. The third-order valence-corrected chi connectivity index (χ3v) is 3.97. The maximum absolute atomic E-state index is 4.76. The summed E-state index contributed by atoms with van der Waals surface area (Å²) in [4.78, 5) is 9.49. The number of anilines is 2. The lowest BCUT2D eigenvalue weighted by Crippen LogP contribution is -2.12. The molecule has 2 rings (SSSR count). The average molecular weight is 290 g/mol. The molecule has 1 aromatic heterocycles. The van der Waals surface area contributed by atoms with Crippen LogP contribution in [0.5, 0.6) is 0 Å². The van der Waals surface area contributed by atoms with Crippen molar-refractivity contribution >= 4 is 11.6 Å². The molecule has 0 aromatic carbocycles. The summed E-state index contributed by atoms with van der Waals surface area (Å²) in [5.74, 6) is 3.66. The molecule has 1 aliphatic carbocycles. The molecule has 0 bridgehead atoms. The van der Waals surface area contributed by atoms with E-state index < -0.39 is 0 Å². The van der Waals surface area contributed by atoms with Crippen LogP contribution in [0.2, 0.25) is 0 Å². The molecule has 0 amide bonds. The Kier molecular flexibility index (Phi) is 6.27. The number of rotatable bonds is 10. The van der Waals surface area contributed by atoms with Crippen molar-refractivity contribution in [2.45, 2.75) is 71.6 Å². The van der Waals surface area contributed by atoms with Gasteiger partial charge in [0.05, 0.1) is 0 Å². The molecule has 0 spiro atoms. The van der Waals surface area contributed by atoms with Gasteiger partial charge >= 0.3 is 0 Å². The van der Waals surface area contributed by atoms with Crippen LogP contribution in [0.3, 0.4) is 0 Å². The van der Waals surface area contributed by atoms with E-state index in [1.807, 2.05) is 0 Å². The summed E-state index contributed by atoms with van der Waals surface area (Å²) >= 11 is 0. The zero-order chi connectivity index (χ0) is 15.1. The molecule has 4 heteroatoms. The van der Waals surface area contributed by atoms with E-state index in [-0.39, 0.29) is 0 Å². The summed E-state index contributed by atoms with van der Waals surface area (Å²) in [6, 6.07) is 0. The molecule has 4 nitrogen and oxygen atoms in total. The van der Waals surface area contributed by atoms with Gasteiger partial charge in [0.15, 0.2) is 0 Å². The first kappa shape index (κ1) is 16.1. The number of nitrogens with zero attached hydrogens (tertiary/aromatic N) is 2. The largest absolute Gasteiger partial charge is 0.370 e. The summed E-state index contributed by atoms with van der Waals surface area (Å²) in [6.07, 6.45) is 8.71. The van der Waals surface area contributed by atoms with Gasteiger partial charge in [0, 0.05) is 24.6 Å². The molecule has 1 aliphatic rings. The van der Waals surface area contributed by atoms with Gasteiger partial charge in [0.1, 0.15) is 17.5 Å². The van der Waals surface area contributed by atoms with Crippen LogP contribution in [-0.2, 0) is 0 Å². The Balaban J connectivity index is 2.01. The lowest BCUT2D eigenvalue weighted by atomic mass is 10.2. The van der Waals surface area contributed by atoms with E-state index in [1.54, 1.807) is 0 Å². The van der Waals surface area contributed by atoms with E-state index >= 15 is 0 Å². The molecule has 0 radical (unpaired) electrons. The monoisotopic (exact) mass is 290 g/mol. The predicted octanol–water partition coefficient (Wildman–Crippen LogP) is 4.48. The van der Waals surface area contributed by atoms with Crippen LogP contribution in [0.25, 0.3) is 0 Å². The molecule has 0 unspecified atom stereocenters. The zero-order valence-corrected chi connectivity index (χ0v) is 13.8. The number of nitrogens with one attached hydrogen (secondary N) is 2. The zero-order valence-electron chi connectivity index (χ0n) is 13.8. The highest BCUT2D eigenvalue weighted by Crippen LogP contribution is 2.39. The van der Waals surface area contributed by atoms with Crippen LogP contribution >= 0.6 is 0 Å². The summed E-state index contributed by atoms with van der Waals surface area (Å²) in [7, 11) is 0. The lowest BCUT2D eigenvalue weighted by molar-refractivity contribution is 0.683. The molecule has 1 fully saturated rings. The van der Waals surface area contributed by atoms with Crippen molar-refractivity contribution in [3.63, 3.8) is 0 Å². The summed E-state index contributed by atoms with van der Waals surface area (Å²) in [5, 5.41) is 6.97. The molecule has 21 heavy (non-hydrogen) atoms. The van der Waals surface area contributed by atoms with E-state index in [4.69, 9.17) is 9.97 Å². The second kappa shape index (κ2) is 8.20. The van der Waals surface area contributed by atoms with Crippen LogP contribution in [0.15, 0.2) is 0 Å². The van der Waals surface area contributed by atoms with Crippen molar-refractivity contribution in [3.8, 4) is 0 Å². The molecule has 1 aromatic rings. The fourth-order valence-corrected chi connectivity index (χ4v) is 2.40. The van der Waals surface area contributed by atoms with Gasteiger partial charge in [0.2, 0.25) is 0 Å². The average Bonchev–Trinajstić information content (AvgIpc) is 3.32. The topological polar surface area (TPSA) is 49.8 Å². The minimum Gasteiger partial charge on any atom is -0.370 e. The first-order valence-electron chi connectivity index (χ1n) is 8.62. The number of unbranched alkanes of at least 4 members (excludes halogenated alkanes) is 3. The van der Waals surface area contributed by atoms with E-state index in [9.17, 15) is 0 Å². The van der Waals surface area contributed by atoms with Gasteiger partial charge in [0.25, 0.3) is 0 Å². The molecular weight excluding hydrogens is 260 g/mol. The van der Waals surface area contributed by atoms with Crippen LogP contribution < -0.4 is 10.6 Å². The van der Waals surface area contributed by atoms with E-state index in [0.29, 0.717) is 5.92 Å². The van der Waals surface area contributed by atoms with Crippen LogP contribution in [0.4, 0.5) is 11.6 Å². The third kappa shape index (κ3) is 4.87. The van der Waals surface area contributed by atoms with Gasteiger partial charge in [-0.3, -0.25) is 0 Å². The van der Waals surface area contributed by atoms with Gasteiger partial charge in [-0.2, -0.15) is 0 Å². The van der Waals surface area contributed by atoms with Crippen molar-refractivity contribution in [1.82, 2.24) is 9.97 Å². The highest BCUT2D eigenvalue weighted by atomic mass is 15.1. The highest BCUT2D eigenvalue weighted by Gasteiger charge is 2.28. The second-order valence-corrected chi connectivity index (χ2v) is 6.09.